The minimum Gasteiger partial charge on any atom is -0.497 e. The number of hydrogen-bond donors (Lipinski definition) is 0. The summed E-state index contributed by atoms with van der Waals surface area (Å²) < 4.78 is 5.33. The van der Waals surface area contributed by atoms with E-state index in [0.29, 0.717) is 0 Å². The highest BCUT2D eigenvalue weighted by Gasteiger charge is 2.17. The second-order valence-corrected chi connectivity index (χ2v) is 6.10. The Labute approximate surface area is 145 Å². The van der Waals surface area contributed by atoms with Gasteiger partial charge in [-0.15, -0.1) is 0 Å². The van der Waals surface area contributed by atoms with Crippen molar-refractivity contribution in [1.82, 2.24) is 0 Å². The van der Waals surface area contributed by atoms with Crippen molar-refractivity contribution in [2.24, 2.45) is 0 Å². The lowest BCUT2D eigenvalue weighted by atomic mass is 9.83. The van der Waals surface area contributed by atoms with Crippen LogP contribution in [0.15, 0.2) is 53.6 Å². The van der Waals surface area contributed by atoms with E-state index in [2.05, 4.69) is 54.6 Å². The maximum Gasteiger partial charge on any atom is 0.119 e. The topological polar surface area (TPSA) is 9.23 Å². The number of methoxy groups -OCH3 is 1. The van der Waals surface area contributed by atoms with Crippen molar-refractivity contribution in [2.45, 2.75) is 39.5 Å². The van der Waals surface area contributed by atoms with Gasteiger partial charge in [0.05, 0.1) is 7.11 Å². The van der Waals surface area contributed by atoms with E-state index in [1.54, 1.807) is 7.11 Å². The molecule has 2 aliphatic rings. The lowest BCUT2D eigenvalue weighted by Crippen LogP contribution is -2.06. The van der Waals surface area contributed by atoms with Crippen LogP contribution < -0.4 is 4.74 Å². The van der Waals surface area contributed by atoms with Crippen molar-refractivity contribution in [1.29, 1.82) is 0 Å². The van der Waals surface area contributed by atoms with Gasteiger partial charge in [-0.05, 0) is 71.2 Å². The van der Waals surface area contributed by atoms with Crippen molar-refractivity contribution in [3.63, 3.8) is 0 Å². The molecule has 0 aromatic heterocycles. The van der Waals surface area contributed by atoms with Crippen LogP contribution in [0.5, 0.6) is 5.75 Å². The van der Waals surface area contributed by atoms with Crippen LogP contribution in [-0.4, -0.2) is 7.11 Å². The summed E-state index contributed by atoms with van der Waals surface area (Å²) in [5.74, 6) is 0.960. The van der Waals surface area contributed by atoms with Crippen LogP contribution in [0.1, 0.15) is 48.9 Å². The Morgan fingerprint density at radius 2 is 1.33 bits per heavy atom. The first-order valence-corrected chi connectivity index (χ1v) is 9.00. The maximum atomic E-state index is 5.33. The van der Waals surface area contributed by atoms with E-state index in [-0.39, 0.29) is 0 Å². The largest absolute Gasteiger partial charge is 0.497 e. The Bertz CT molecular complexity index is 780. The Morgan fingerprint density at radius 1 is 0.708 bits per heavy atom. The first-order valence-electron chi connectivity index (χ1n) is 9.00. The molecule has 0 saturated carbocycles. The van der Waals surface area contributed by atoms with Crippen molar-refractivity contribution in [3.05, 3.63) is 75.9 Å². The minimum atomic E-state index is 0.960. The van der Waals surface area contributed by atoms with E-state index in [0.717, 1.165) is 31.4 Å². The summed E-state index contributed by atoms with van der Waals surface area (Å²) in [5, 5.41) is 0. The molecule has 0 unspecified atom stereocenters. The summed E-state index contributed by atoms with van der Waals surface area (Å²) in [6.45, 7) is 4.00. The van der Waals surface area contributed by atoms with Gasteiger partial charge in [-0.3, -0.25) is 0 Å². The monoisotopic (exact) mass is 318 g/mol. The van der Waals surface area contributed by atoms with Crippen LogP contribution in [0.2, 0.25) is 0 Å². The molecule has 2 aromatic carbocycles. The zero-order valence-electron chi connectivity index (χ0n) is 14.9. The molecule has 0 saturated heterocycles. The highest BCUT2D eigenvalue weighted by Crippen LogP contribution is 2.35. The molecule has 2 aromatic rings. The fourth-order valence-corrected chi connectivity index (χ4v) is 3.53. The second kappa shape index (κ2) is 7.53. The molecule has 0 spiro atoms. The van der Waals surface area contributed by atoms with Crippen LogP contribution in [0.4, 0.5) is 0 Å². The molecule has 124 valence electrons. The van der Waals surface area contributed by atoms with Crippen LogP contribution in [-0.2, 0) is 12.8 Å². The summed E-state index contributed by atoms with van der Waals surface area (Å²) in [4.78, 5) is 0. The summed E-state index contributed by atoms with van der Waals surface area (Å²) in [6, 6.07) is 15.2. The highest BCUT2D eigenvalue weighted by molar-refractivity contribution is 5.71. The Hall–Kier alpha value is -2.28. The van der Waals surface area contributed by atoms with Gasteiger partial charge in [0.2, 0.25) is 0 Å². The highest BCUT2D eigenvalue weighted by atomic mass is 16.5. The molecule has 0 atom stereocenters. The normalized spacial score (nSPS) is 15.1. The van der Waals surface area contributed by atoms with Crippen LogP contribution >= 0.6 is 0 Å². The molecule has 0 bridgehead atoms. The van der Waals surface area contributed by atoms with Gasteiger partial charge in [0.15, 0.2) is 0 Å². The Balaban J connectivity index is 0.000000815. The number of rotatable bonds is 2. The molecule has 0 heterocycles. The fourth-order valence-electron chi connectivity index (χ4n) is 3.53. The number of fused-ring (bicyclic) bond motifs is 2. The minimum absolute atomic E-state index is 0.960. The number of ether oxygens (including phenoxy) is 1. The standard InChI is InChI=1S/C21H20O.C2H6/c1-22-21-11-10-19-13-18(8-9-20(19)14-21)17-7-6-15-4-2-3-5-16(15)12-17;1-2/h2-5,10-14H,6-9H2,1H3;1-2H3. The quantitative estimate of drug-likeness (QED) is 0.652. The molecule has 1 heteroatoms. The molecular weight excluding hydrogens is 292 g/mol. The third-order valence-corrected chi connectivity index (χ3v) is 4.80. The van der Waals surface area contributed by atoms with E-state index >= 15 is 0 Å². The van der Waals surface area contributed by atoms with Gasteiger partial charge in [-0.2, -0.15) is 0 Å². The van der Waals surface area contributed by atoms with E-state index in [1.165, 1.54) is 33.4 Å². The van der Waals surface area contributed by atoms with Gasteiger partial charge in [0.25, 0.3) is 0 Å². The van der Waals surface area contributed by atoms with Crippen molar-refractivity contribution >= 4 is 12.2 Å². The lowest BCUT2D eigenvalue weighted by molar-refractivity contribution is 0.414. The number of benzene rings is 2. The average Bonchev–Trinajstić information content (AvgIpc) is 2.68. The molecular formula is C23H26O. The van der Waals surface area contributed by atoms with Crippen molar-refractivity contribution < 1.29 is 4.74 Å². The van der Waals surface area contributed by atoms with Gasteiger partial charge in [-0.1, -0.05) is 56.3 Å². The summed E-state index contributed by atoms with van der Waals surface area (Å²) in [5.41, 5.74) is 8.65. The SMILES string of the molecule is CC.COc1ccc2c(c1)CCC(C1=Cc3ccccc3CC1)=C2. The molecule has 0 aliphatic heterocycles. The number of allylic oxidation sites excluding steroid dienone is 2. The first-order chi connectivity index (χ1) is 11.8. The molecule has 0 amide bonds. The van der Waals surface area contributed by atoms with E-state index in [1.807, 2.05) is 13.8 Å². The number of hydrogen-bond acceptors (Lipinski definition) is 1. The Kier molecular flexibility index (Phi) is 5.20. The molecule has 0 radical (unpaired) electrons. The zero-order chi connectivity index (χ0) is 16.9. The van der Waals surface area contributed by atoms with Gasteiger partial charge in [0.1, 0.15) is 5.75 Å². The second-order valence-electron chi connectivity index (χ2n) is 6.10. The number of aryl methyl sites for hydroxylation is 2. The van der Waals surface area contributed by atoms with Gasteiger partial charge in [-0.25, -0.2) is 0 Å². The molecule has 0 fully saturated rings. The van der Waals surface area contributed by atoms with Crippen LogP contribution in [0, 0.1) is 0 Å². The van der Waals surface area contributed by atoms with Crippen LogP contribution in [0.3, 0.4) is 0 Å². The Morgan fingerprint density at radius 3 is 2.04 bits per heavy atom. The molecule has 4 rings (SSSR count). The summed E-state index contributed by atoms with van der Waals surface area (Å²) in [6.07, 6.45) is 9.33. The van der Waals surface area contributed by atoms with E-state index in [9.17, 15) is 0 Å². The predicted molar refractivity (Wildman–Crippen MR) is 103 cm³/mol. The molecule has 24 heavy (non-hydrogen) atoms. The summed E-state index contributed by atoms with van der Waals surface area (Å²) >= 11 is 0. The van der Waals surface area contributed by atoms with Gasteiger partial charge >= 0.3 is 0 Å². The van der Waals surface area contributed by atoms with Gasteiger partial charge < -0.3 is 4.74 Å². The van der Waals surface area contributed by atoms with Crippen molar-refractivity contribution in [2.75, 3.05) is 7.11 Å². The smallest absolute Gasteiger partial charge is 0.119 e. The average molecular weight is 318 g/mol. The lowest BCUT2D eigenvalue weighted by Gasteiger charge is -2.22. The third-order valence-electron chi connectivity index (χ3n) is 4.80. The predicted octanol–water partition coefficient (Wildman–Crippen LogP) is 6.08. The zero-order valence-corrected chi connectivity index (χ0v) is 14.9. The third kappa shape index (κ3) is 3.31. The first kappa shape index (κ1) is 16.6. The molecule has 2 aliphatic carbocycles. The molecule has 0 N–H and O–H groups in total. The maximum absolute atomic E-state index is 5.33. The fraction of sp³-hybridized carbons (Fsp3) is 0.304. The molecule has 1 nitrogen and oxygen atoms in total. The van der Waals surface area contributed by atoms with Crippen LogP contribution in [0.25, 0.3) is 12.2 Å². The van der Waals surface area contributed by atoms with Crippen molar-refractivity contribution in [3.8, 4) is 5.75 Å². The van der Waals surface area contributed by atoms with E-state index < -0.39 is 0 Å². The summed E-state index contributed by atoms with van der Waals surface area (Å²) in [7, 11) is 1.73. The van der Waals surface area contributed by atoms with Gasteiger partial charge in [0, 0.05) is 0 Å². The van der Waals surface area contributed by atoms with E-state index in [4.69, 9.17) is 4.74 Å².